The Morgan fingerprint density at radius 3 is 2.65 bits per heavy atom. The zero-order valence-electron chi connectivity index (χ0n) is 10.7. The van der Waals surface area contributed by atoms with Crippen molar-refractivity contribution in [1.82, 2.24) is 4.31 Å². The molecular weight excluding hydrogens is 426 g/mol. The van der Waals surface area contributed by atoms with E-state index < -0.39 is 10.0 Å². The number of likely N-dealkylation sites (N-methyl/N-ethyl adjacent to an activating group) is 1. The number of nitrogens with zero attached hydrogens (tertiary/aromatic N) is 1. The number of benzene rings is 1. The van der Waals surface area contributed by atoms with E-state index in [2.05, 4.69) is 31.9 Å². The largest absolute Gasteiger partial charge is 0.243 e. The van der Waals surface area contributed by atoms with Crippen LogP contribution >= 0.6 is 43.2 Å². The van der Waals surface area contributed by atoms with Crippen molar-refractivity contribution in [3.05, 3.63) is 49.5 Å². The molecule has 0 N–H and O–H groups in total. The summed E-state index contributed by atoms with van der Waals surface area (Å²) < 4.78 is 27.8. The highest BCUT2D eigenvalue weighted by Crippen LogP contribution is 2.27. The van der Waals surface area contributed by atoms with Crippen LogP contribution in [0.1, 0.15) is 4.88 Å². The van der Waals surface area contributed by atoms with Gasteiger partial charge in [-0.1, -0.05) is 22.0 Å². The van der Waals surface area contributed by atoms with Crippen molar-refractivity contribution < 1.29 is 8.42 Å². The maximum absolute atomic E-state index is 12.5. The Labute approximate surface area is 139 Å². The summed E-state index contributed by atoms with van der Waals surface area (Å²) in [6.45, 7) is 0.460. The van der Waals surface area contributed by atoms with Gasteiger partial charge in [0, 0.05) is 27.4 Å². The lowest BCUT2D eigenvalue weighted by Gasteiger charge is -2.18. The Kier molecular flexibility index (Phi) is 5.42. The maximum atomic E-state index is 12.5. The zero-order valence-corrected chi connectivity index (χ0v) is 15.5. The summed E-state index contributed by atoms with van der Waals surface area (Å²) in [6.07, 6.45) is 0.721. The van der Waals surface area contributed by atoms with Crippen LogP contribution in [0.3, 0.4) is 0 Å². The van der Waals surface area contributed by atoms with Crippen LogP contribution in [0.2, 0.25) is 0 Å². The minimum atomic E-state index is -3.48. The predicted molar refractivity (Wildman–Crippen MR) is 89.7 cm³/mol. The molecule has 0 saturated carbocycles. The fraction of sp³-hybridized carbons (Fsp3) is 0.231. The molecule has 0 radical (unpaired) electrons. The normalized spacial score (nSPS) is 12.0. The first-order valence-electron chi connectivity index (χ1n) is 5.85. The zero-order chi connectivity index (χ0) is 14.8. The molecule has 0 aliphatic rings. The van der Waals surface area contributed by atoms with Crippen molar-refractivity contribution in [1.29, 1.82) is 0 Å². The van der Waals surface area contributed by atoms with Gasteiger partial charge in [0.25, 0.3) is 0 Å². The first-order chi connectivity index (χ1) is 9.41. The standard InChI is InChI=1S/C13H13Br2NO2S2/c1-16(7-6-11-3-2-8-19-11)20(17,18)13-9-10(14)4-5-12(13)15/h2-5,8-9H,6-7H2,1H3. The molecule has 2 aromatic rings. The second-order valence-corrected chi connectivity index (χ2v) is 9.05. The van der Waals surface area contributed by atoms with E-state index >= 15 is 0 Å². The molecular formula is C13H13Br2NO2S2. The SMILES string of the molecule is CN(CCc1cccs1)S(=O)(=O)c1cc(Br)ccc1Br. The molecule has 0 atom stereocenters. The van der Waals surface area contributed by atoms with Crippen molar-refractivity contribution in [2.24, 2.45) is 0 Å². The number of hydrogen-bond acceptors (Lipinski definition) is 3. The molecule has 3 nitrogen and oxygen atoms in total. The predicted octanol–water partition coefficient (Wildman–Crippen LogP) is 4.14. The Hall–Kier alpha value is -0.210. The van der Waals surface area contributed by atoms with Crippen LogP contribution in [0.4, 0.5) is 0 Å². The molecule has 1 aromatic carbocycles. The topological polar surface area (TPSA) is 37.4 Å². The number of halogens is 2. The van der Waals surface area contributed by atoms with Crippen LogP contribution in [0.5, 0.6) is 0 Å². The summed E-state index contributed by atoms with van der Waals surface area (Å²) in [4.78, 5) is 1.46. The van der Waals surface area contributed by atoms with Gasteiger partial charge >= 0.3 is 0 Å². The Morgan fingerprint density at radius 1 is 1.25 bits per heavy atom. The van der Waals surface area contributed by atoms with Gasteiger partial charge in [-0.05, 0) is 52.0 Å². The van der Waals surface area contributed by atoms with Crippen LogP contribution in [-0.2, 0) is 16.4 Å². The highest BCUT2D eigenvalue weighted by molar-refractivity contribution is 9.11. The Balaban J connectivity index is 2.18. The van der Waals surface area contributed by atoms with Crippen LogP contribution in [0.15, 0.2) is 49.6 Å². The van der Waals surface area contributed by atoms with Crippen molar-refractivity contribution >= 4 is 53.2 Å². The fourth-order valence-electron chi connectivity index (χ4n) is 1.69. The van der Waals surface area contributed by atoms with Crippen molar-refractivity contribution in [2.75, 3.05) is 13.6 Å². The summed E-state index contributed by atoms with van der Waals surface area (Å²) in [5.74, 6) is 0. The van der Waals surface area contributed by atoms with Crippen LogP contribution in [-0.4, -0.2) is 26.3 Å². The molecule has 0 spiro atoms. The first-order valence-corrected chi connectivity index (χ1v) is 9.75. The van der Waals surface area contributed by atoms with E-state index in [1.165, 1.54) is 9.18 Å². The monoisotopic (exact) mass is 437 g/mol. The molecule has 0 aliphatic heterocycles. The van der Waals surface area contributed by atoms with E-state index in [-0.39, 0.29) is 4.90 Å². The number of rotatable bonds is 5. The molecule has 0 unspecified atom stereocenters. The summed E-state index contributed by atoms with van der Waals surface area (Å²) in [5, 5.41) is 1.99. The lowest BCUT2D eigenvalue weighted by molar-refractivity contribution is 0.473. The first kappa shape index (κ1) is 16.2. The summed E-state index contributed by atoms with van der Waals surface area (Å²) in [7, 11) is -1.88. The molecule has 0 aliphatic carbocycles. The highest BCUT2D eigenvalue weighted by Gasteiger charge is 2.23. The van der Waals surface area contributed by atoms with Crippen molar-refractivity contribution in [3.63, 3.8) is 0 Å². The van der Waals surface area contributed by atoms with Gasteiger partial charge in [-0.25, -0.2) is 12.7 Å². The van der Waals surface area contributed by atoms with Crippen LogP contribution < -0.4 is 0 Å². The van der Waals surface area contributed by atoms with E-state index in [0.29, 0.717) is 11.0 Å². The molecule has 0 saturated heterocycles. The summed E-state index contributed by atoms with van der Waals surface area (Å²) in [6, 6.07) is 9.12. The Morgan fingerprint density at radius 2 is 2.00 bits per heavy atom. The second-order valence-electron chi connectivity index (χ2n) is 4.23. The third-order valence-corrected chi connectivity index (χ3v) is 7.11. The van der Waals surface area contributed by atoms with Gasteiger partial charge in [0.15, 0.2) is 0 Å². The summed E-state index contributed by atoms with van der Waals surface area (Å²) in [5.41, 5.74) is 0. The minimum Gasteiger partial charge on any atom is -0.207 e. The van der Waals surface area contributed by atoms with Gasteiger partial charge < -0.3 is 0 Å². The van der Waals surface area contributed by atoms with E-state index in [1.807, 2.05) is 17.5 Å². The molecule has 0 amide bonds. The van der Waals surface area contributed by atoms with E-state index in [0.717, 1.165) is 10.9 Å². The van der Waals surface area contributed by atoms with Gasteiger partial charge in [0.2, 0.25) is 10.0 Å². The smallest absolute Gasteiger partial charge is 0.207 e. The molecule has 20 heavy (non-hydrogen) atoms. The lowest BCUT2D eigenvalue weighted by atomic mass is 10.3. The van der Waals surface area contributed by atoms with E-state index in [9.17, 15) is 8.42 Å². The molecule has 0 fully saturated rings. The molecule has 108 valence electrons. The van der Waals surface area contributed by atoms with E-state index in [4.69, 9.17) is 0 Å². The Bertz CT molecular complexity index is 684. The molecule has 1 heterocycles. The highest BCUT2D eigenvalue weighted by atomic mass is 79.9. The van der Waals surface area contributed by atoms with Crippen LogP contribution in [0, 0.1) is 0 Å². The van der Waals surface area contributed by atoms with Crippen LogP contribution in [0.25, 0.3) is 0 Å². The number of thiophene rings is 1. The van der Waals surface area contributed by atoms with Gasteiger partial charge in [-0.15, -0.1) is 11.3 Å². The average Bonchev–Trinajstić information content (AvgIpc) is 2.91. The molecule has 0 bridgehead atoms. The van der Waals surface area contributed by atoms with Gasteiger partial charge in [0.05, 0.1) is 4.90 Å². The number of hydrogen-bond donors (Lipinski definition) is 0. The third-order valence-electron chi connectivity index (χ3n) is 2.83. The maximum Gasteiger partial charge on any atom is 0.243 e. The average molecular weight is 439 g/mol. The van der Waals surface area contributed by atoms with Crippen molar-refractivity contribution in [3.8, 4) is 0 Å². The minimum absolute atomic E-state index is 0.278. The fourth-order valence-corrected chi connectivity index (χ4v) is 5.01. The van der Waals surface area contributed by atoms with Gasteiger partial charge in [-0.2, -0.15) is 0 Å². The third kappa shape index (κ3) is 3.71. The van der Waals surface area contributed by atoms with E-state index in [1.54, 1.807) is 36.6 Å². The molecule has 1 aromatic heterocycles. The van der Waals surface area contributed by atoms with Gasteiger partial charge in [-0.3, -0.25) is 0 Å². The lowest BCUT2D eigenvalue weighted by Crippen LogP contribution is -2.29. The number of sulfonamides is 1. The second kappa shape index (κ2) is 6.70. The molecule has 2 rings (SSSR count). The molecule has 7 heteroatoms. The van der Waals surface area contributed by atoms with Crippen molar-refractivity contribution in [2.45, 2.75) is 11.3 Å². The quantitative estimate of drug-likeness (QED) is 0.703. The summed E-state index contributed by atoms with van der Waals surface area (Å²) >= 11 is 8.24. The van der Waals surface area contributed by atoms with Gasteiger partial charge in [0.1, 0.15) is 0 Å².